The van der Waals surface area contributed by atoms with Gasteiger partial charge in [0.15, 0.2) is 0 Å². The molecule has 1 amide bonds. The fraction of sp³-hybridized carbons (Fsp3) is 0.350. The zero-order valence-corrected chi connectivity index (χ0v) is 17.9. The van der Waals surface area contributed by atoms with Gasteiger partial charge in [0.2, 0.25) is 15.9 Å². The van der Waals surface area contributed by atoms with E-state index in [-0.39, 0.29) is 10.8 Å². The summed E-state index contributed by atoms with van der Waals surface area (Å²) in [4.78, 5) is 12.9. The molecular formula is C20H26N2O6S. The second-order valence-electron chi connectivity index (χ2n) is 6.61. The average Bonchev–Trinajstić information content (AvgIpc) is 2.71. The van der Waals surface area contributed by atoms with E-state index in [1.165, 1.54) is 33.5 Å². The quantitative estimate of drug-likeness (QED) is 0.644. The highest BCUT2D eigenvalue weighted by molar-refractivity contribution is 7.89. The number of hydrogen-bond donors (Lipinski definition) is 2. The molecule has 0 radical (unpaired) electrons. The van der Waals surface area contributed by atoms with Crippen LogP contribution in [0.15, 0.2) is 47.4 Å². The molecule has 0 heterocycles. The van der Waals surface area contributed by atoms with E-state index >= 15 is 0 Å². The average molecular weight is 423 g/mol. The summed E-state index contributed by atoms with van der Waals surface area (Å²) in [5, 5.41) is 2.72. The number of carbonyl (C=O) groups excluding carboxylic acids is 1. The summed E-state index contributed by atoms with van der Waals surface area (Å²) in [6.45, 7) is 3.51. The number of methoxy groups -OCH3 is 3. The van der Waals surface area contributed by atoms with Crippen molar-refractivity contribution in [3.05, 3.63) is 42.5 Å². The predicted octanol–water partition coefficient (Wildman–Crippen LogP) is 2.65. The molecule has 0 saturated heterocycles. The molecule has 0 aromatic heterocycles. The van der Waals surface area contributed by atoms with Crippen LogP contribution in [-0.2, 0) is 14.8 Å². The number of rotatable bonds is 9. The Morgan fingerprint density at radius 1 is 0.862 bits per heavy atom. The molecule has 9 heteroatoms. The maximum absolute atomic E-state index is 12.8. The molecule has 29 heavy (non-hydrogen) atoms. The third kappa shape index (κ3) is 5.85. The maximum atomic E-state index is 12.8. The van der Waals surface area contributed by atoms with Gasteiger partial charge in [0.1, 0.15) is 23.3 Å². The van der Waals surface area contributed by atoms with Crippen molar-refractivity contribution in [2.45, 2.75) is 24.8 Å². The lowest BCUT2D eigenvalue weighted by Gasteiger charge is -2.22. The fourth-order valence-corrected chi connectivity index (χ4v) is 3.93. The van der Waals surface area contributed by atoms with Crippen LogP contribution in [-0.4, -0.2) is 41.7 Å². The van der Waals surface area contributed by atoms with Gasteiger partial charge in [-0.25, -0.2) is 8.42 Å². The van der Waals surface area contributed by atoms with Crippen LogP contribution in [0.5, 0.6) is 17.2 Å². The lowest BCUT2D eigenvalue weighted by atomic mass is 10.0. The summed E-state index contributed by atoms with van der Waals surface area (Å²) in [5.41, 5.74) is 0.431. The van der Waals surface area contributed by atoms with Crippen molar-refractivity contribution < 1.29 is 27.4 Å². The van der Waals surface area contributed by atoms with Gasteiger partial charge in [-0.3, -0.25) is 4.79 Å². The normalized spacial score (nSPS) is 12.3. The van der Waals surface area contributed by atoms with Crippen LogP contribution in [0.25, 0.3) is 0 Å². The molecule has 2 N–H and O–H groups in total. The highest BCUT2D eigenvalue weighted by atomic mass is 32.2. The lowest BCUT2D eigenvalue weighted by molar-refractivity contribution is -0.118. The molecule has 2 rings (SSSR count). The third-order valence-electron chi connectivity index (χ3n) is 4.22. The molecule has 0 aliphatic rings. The number of amides is 1. The standard InChI is InChI=1S/C20H26N2O6S/c1-13(2)19(22-29(24,25)18-8-6-15(26-3)7-9-18)20(23)21-14-10-16(27-4)12-17(11-14)28-5/h6-13,19,22H,1-5H3,(H,21,23). The zero-order chi connectivity index (χ0) is 21.6. The Kier molecular flexibility index (Phi) is 7.46. The van der Waals surface area contributed by atoms with Crippen LogP contribution >= 0.6 is 0 Å². The van der Waals surface area contributed by atoms with E-state index in [1.807, 2.05) is 0 Å². The highest BCUT2D eigenvalue weighted by Gasteiger charge is 2.28. The van der Waals surface area contributed by atoms with Crippen molar-refractivity contribution in [1.29, 1.82) is 0 Å². The first-order chi connectivity index (χ1) is 13.7. The predicted molar refractivity (Wildman–Crippen MR) is 110 cm³/mol. The van der Waals surface area contributed by atoms with Gasteiger partial charge >= 0.3 is 0 Å². The molecule has 2 aromatic carbocycles. The SMILES string of the molecule is COc1ccc(S(=O)(=O)NC(C(=O)Nc2cc(OC)cc(OC)c2)C(C)C)cc1. The molecule has 1 atom stereocenters. The molecular weight excluding hydrogens is 396 g/mol. The van der Waals surface area contributed by atoms with Gasteiger partial charge in [-0.2, -0.15) is 4.72 Å². The first-order valence-electron chi connectivity index (χ1n) is 8.90. The third-order valence-corrected chi connectivity index (χ3v) is 5.68. The summed E-state index contributed by atoms with van der Waals surface area (Å²) in [6.07, 6.45) is 0. The van der Waals surface area contributed by atoms with Crippen molar-refractivity contribution in [2.75, 3.05) is 26.6 Å². The van der Waals surface area contributed by atoms with Gasteiger partial charge < -0.3 is 19.5 Å². The Bertz CT molecular complexity index is 920. The van der Waals surface area contributed by atoms with Crippen LogP contribution in [0.2, 0.25) is 0 Å². The fourth-order valence-electron chi connectivity index (χ4n) is 2.58. The topological polar surface area (TPSA) is 103 Å². The van der Waals surface area contributed by atoms with Gasteiger partial charge in [-0.1, -0.05) is 13.8 Å². The van der Waals surface area contributed by atoms with Crippen molar-refractivity contribution in [2.24, 2.45) is 5.92 Å². The maximum Gasteiger partial charge on any atom is 0.242 e. The number of anilines is 1. The molecule has 0 saturated carbocycles. The van der Waals surface area contributed by atoms with E-state index in [9.17, 15) is 13.2 Å². The Morgan fingerprint density at radius 2 is 1.38 bits per heavy atom. The first-order valence-corrected chi connectivity index (χ1v) is 10.4. The lowest BCUT2D eigenvalue weighted by Crippen LogP contribution is -2.47. The summed E-state index contributed by atoms with van der Waals surface area (Å²) >= 11 is 0. The summed E-state index contributed by atoms with van der Waals surface area (Å²) in [7, 11) is 0.587. The Labute approximate surface area is 171 Å². The summed E-state index contributed by atoms with van der Waals surface area (Å²) in [6, 6.07) is 9.85. The minimum atomic E-state index is -3.91. The summed E-state index contributed by atoms with van der Waals surface area (Å²) in [5.74, 6) is 0.746. The van der Waals surface area contributed by atoms with E-state index < -0.39 is 22.0 Å². The van der Waals surface area contributed by atoms with E-state index in [0.717, 1.165) is 0 Å². The van der Waals surface area contributed by atoms with Gasteiger partial charge in [0.25, 0.3) is 0 Å². The van der Waals surface area contributed by atoms with E-state index in [2.05, 4.69) is 10.0 Å². The van der Waals surface area contributed by atoms with Gasteiger partial charge in [0, 0.05) is 23.9 Å². The van der Waals surface area contributed by atoms with Crippen molar-refractivity contribution >= 4 is 21.6 Å². The highest BCUT2D eigenvalue weighted by Crippen LogP contribution is 2.26. The van der Waals surface area contributed by atoms with Crippen LogP contribution < -0.4 is 24.2 Å². The largest absolute Gasteiger partial charge is 0.497 e. The molecule has 158 valence electrons. The number of carbonyl (C=O) groups is 1. The molecule has 8 nitrogen and oxygen atoms in total. The molecule has 0 aliphatic heterocycles. The van der Waals surface area contributed by atoms with Gasteiger partial charge in [-0.15, -0.1) is 0 Å². The molecule has 0 fully saturated rings. The molecule has 0 aliphatic carbocycles. The monoisotopic (exact) mass is 422 g/mol. The summed E-state index contributed by atoms with van der Waals surface area (Å²) < 4.78 is 43.4. The smallest absolute Gasteiger partial charge is 0.242 e. The number of sulfonamides is 1. The van der Waals surface area contributed by atoms with E-state index in [0.29, 0.717) is 22.9 Å². The molecule has 1 unspecified atom stereocenters. The van der Waals surface area contributed by atoms with Crippen molar-refractivity contribution in [3.8, 4) is 17.2 Å². The minimum absolute atomic E-state index is 0.0415. The second-order valence-corrected chi connectivity index (χ2v) is 8.32. The minimum Gasteiger partial charge on any atom is -0.497 e. The molecule has 0 spiro atoms. The van der Waals surface area contributed by atoms with Gasteiger partial charge in [0.05, 0.1) is 26.2 Å². The van der Waals surface area contributed by atoms with Crippen LogP contribution in [0, 0.1) is 5.92 Å². The number of hydrogen-bond acceptors (Lipinski definition) is 6. The second kappa shape index (κ2) is 9.62. The molecule has 0 bridgehead atoms. The van der Waals surface area contributed by atoms with Crippen molar-refractivity contribution in [1.82, 2.24) is 4.72 Å². The zero-order valence-electron chi connectivity index (χ0n) is 17.1. The Morgan fingerprint density at radius 3 is 1.83 bits per heavy atom. The molecule has 2 aromatic rings. The Hall–Kier alpha value is -2.78. The van der Waals surface area contributed by atoms with Gasteiger partial charge in [-0.05, 0) is 30.2 Å². The number of benzene rings is 2. The number of nitrogens with one attached hydrogen (secondary N) is 2. The Balaban J connectivity index is 2.23. The van der Waals surface area contributed by atoms with Crippen molar-refractivity contribution in [3.63, 3.8) is 0 Å². The number of ether oxygens (including phenoxy) is 3. The van der Waals surface area contributed by atoms with Crippen LogP contribution in [0.4, 0.5) is 5.69 Å². The van der Waals surface area contributed by atoms with Crippen LogP contribution in [0.3, 0.4) is 0 Å². The van der Waals surface area contributed by atoms with E-state index in [1.54, 1.807) is 44.2 Å². The van der Waals surface area contributed by atoms with Crippen LogP contribution in [0.1, 0.15) is 13.8 Å². The van der Waals surface area contributed by atoms with E-state index in [4.69, 9.17) is 14.2 Å². The first kappa shape index (κ1) is 22.5.